The van der Waals surface area contributed by atoms with Crippen molar-refractivity contribution in [3.05, 3.63) is 18.3 Å². The Morgan fingerprint density at radius 3 is 2.33 bits per heavy atom. The summed E-state index contributed by atoms with van der Waals surface area (Å²) in [7, 11) is -3.66. The molecule has 1 aliphatic rings. The Morgan fingerprint density at radius 1 is 1.28 bits per heavy atom. The Morgan fingerprint density at radius 2 is 1.89 bits per heavy atom. The molecule has 0 radical (unpaired) electrons. The van der Waals surface area contributed by atoms with Crippen molar-refractivity contribution >= 4 is 15.8 Å². The van der Waals surface area contributed by atoms with Gasteiger partial charge in [0.15, 0.2) is 0 Å². The van der Waals surface area contributed by atoms with Crippen molar-refractivity contribution in [3.63, 3.8) is 0 Å². The highest BCUT2D eigenvalue weighted by Gasteiger charge is 2.13. The van der Waals surface area contributed by atoms with Crippen LogP contribution in [0.3, 0.4) is 0 Å². The van der Waals surface area contributed by atoms with Crippen LogP contribution in [0.25, 0.3) is 0 Å². The fraction of sp³-hybridized carbons (Fsp3) is 0.545. The van der Waals surface area contributed by atoms with Gasteiger partial charge in [0, 0.05) is 19.3 Å². The minimum atomic E-state index is -3.66. The average Bonchev–Trinajstić information content (AvgIpc) is 2.41. The number of aromatic nitrogens is 1. The van der Waals surface area contributed by atoms with Crippen molar-refractivity contribution < 1.29 is 13.2 Å². The molecule has 0 atom stereocenters. The van der Waals surface area contributed by atoms with Gasteiger partial charge in [-0.15, -0.1) is 0 Å². The zero-order valence-corrected chi connectivity index (χ0v) is 11.5. The number of sulfonamides is 1. The quantitative estimate of drug-likeness (QED) is 0.852. The van der Waals surface area contributed by atoms with Crippen LogP contribution in [0.1, 0.15) is 13.8 Å². The lowest BCUT2D eigenvalue weighted by Crippen LogP contribution is -2.36. The smallest absolute Gasteiger partial charge is 0.239 e. The Balaban J connectivity index is 0.000000771. The predicted molar refractivity (Wildman–Crippen MR) is 70.0 cm³/mol. The molecular formula is C11H19N3O3S. The molecule has 1 aliphatic heterocycles. The van der Waals surface area contributed by atoms with Crippen LogP contribution in [0.5, 0.6) is 0 Å². The number of nitrogens with two attached hydrogens (primary N) is 1. The Kier molecular flexibility index (Phi) is 5.52. The molecule has 0 aromatic carbocycles. The first-order valence-corrected chi connectivity index (χ1v) is 7.43. The van der Waals surface area contributed by atoms with Crippen molar-refractivity contribution in [2.45, 2.75) is 18.7 Å². The fourth-order valence-corrected chi connectivity index (χ4v) is 1.98. The second kappa shape index (κ2) is 6.67. The summed E-state index contributed by atoms with van der Waals surface area (Å²) in [6.45, 7) is 6.86. The van der Waals surface area contributed by atoms with Gasteiger partial charge in [-0.25, -0.2) is 18.5 Å². The van der Waals surface area contributed by atoms with Gasteiger partial charge in [-0.2, -0.15) is 0 Å². The van der Waals surface area contributed by atoms with Crippen LogP contribution >= 0.6 is 0 Å². The summed E-state index contributed by atoms with van der Waals surface area (Å²) in [6.07, 6.45) is 1.28. The van der Waals surface area contributed by atoms with Crippen LogP contribution in [0.15, 0.2) is 23.2 Å². The first-order valence-electron chi connectivity index (χ1n) is 5.89. The summed E-state index contributed by atoms with van der Waals surface area (Å²) in [6, 6.07) is 3.12. The molecule has 0 saturated carbocycles. The fourth-order valence-electron chi connectivity index (χ4n) is 1.52. The monoisotopic (exact) mass is 273 g/mol. The molecule has 2 N–H and O–H groups in total. The van der Waals surface area contributed by atoms with Crippen molar-refractivity contribution in [1.29, 1.82) is 0 Å². The molecule has 0 aliphatic carbocycles. The molecule has 2 rings (SSSR count). The predicted octanol–water partition coefficient (Wildman–Crippen LogP) is 0.592. The van der Waals surface area contributed by atoms with Crippen LogP contribution in [0.2, 0.25) is 0 Å². The number of pyridine rings is 1. The van der Waals surface area contributed by atoms with E-state index in [-0.39, 0.29) is 4.90 Å². The lowest BCUT2D eigenvalue weighted by Gasteiger charge is -2.27. The lowest BCUT2D eigenvalue weighted by molar-refractivity contribution is 0.122. The van der Waals surface area contributed by atoms with Gasteiger partial charge in [0.2, 0.25) is 10.0 Å². The second-order valence-electron chi connectivity index (χ2n) is 3.50. The molecule has 0 unspecified atom stereocenters. The summed E-state index contributed by atoms with van der Waals surface area (Å²) < 4.78 is 27.3. The third-order valence-electron chi connectivity index (χ3n) is 2.38. The van der Waals surface area contributed by atoms with E-state index in [2.05, 4.69) is 4.98 Å². The van der Waals surface area contributed by atoms with E-state index in [1.807, 2.05) is 18.7 Å². The van der Waals surface area contributed by atoms with E-state index in [0.29, 0.717) is 13.2 Å². The summed E-state index contributed by atoms with van der Waals surface area (Å²) in [5, 5.41) is 4.98. The van der Waals surface area contributed by atoms with Gasteiger partial charge in [0.05, 0.1) is 13.2 Å². The molecule has 102 valence electrons. The SMILES string of the molecule is CC.NS(=O)(=O)c1ccc(N2CCOCC2)nc1. The normalized spacial score (nSPS) is 15.8. The highest BCUT2D eigenvalue weighted by molar-refractivity contribution is 7.89. The van der Waals surface area contributed by atoms with E-state index in [4.69, 9.17) is 9.88 Å². The number of nitrogens with zero attached hydrogens (tertiary/aromatic N) is 2. The van der Waals surface area contributed by atoms with Crippen molar-refractivity contribution in [3.8, 4) is 0 Å². The molecular weight excluding hydrogens is 254 g/mol. The highest BCUT2D eigenvalue weighted by atomic mass is 32.2. The van der Waals surface area contributed by atoms with Gasteiger partial charge in [-0.3, -0.25) is 0 Å². The molecule has 6 nitrogen and oxygen atoms in total. The van der Waals surface area contributed by atoms with Gasteiger partial charge >= 0.3 is 0 Å². The molecule has 1 aromatic rings. The zero-order chi connectivity index (χ0) is 13.6. The third kappa shape index (κ3) is 3.94. The van der Waals surface area contributed by atoms with Crippen molar-refractivity contribution in [1.82, 2.24) is 4.98 Å². The van der Waals surface area contributed by atoms with Gasteiger partial charge in [0.1, 0.15) is 10.7 Å². The van der Waals surface area contributed by atoms with Gasteiger partial charge < -0.3 is 9.64 Å². The number of ether oxygens (including phenoxy) is 1. The van der Waals surface area contributed by atoms with E-state index >= 15 is 0 Å². The van der Waals surface area contributed by atoms with Crippen molar-refractivity contribution in [2.24, 2.45) is 5.14 Å². The maximum Gasteiger partial charge on any atom is 0.239 e. The van der Waals surface area contributed by atoms with Crippen LogP contribution in [0, 0.1) is 0 Å². The number of hydrogen-bond donors (Lipinski definition) is 1. The lowest BCUT2D eigenvalue weighted by atomic mass is 10.4. The van der Waals surface area contributed by atoms with Crippen molar-refractivity contribution in [2.75, 3.05) is 31.2 Å². The van der Waals surface area contributed by atoms with Gasteiger partial charge in [-0.1, -0.05) is 13.8 Å². The molecule has 0 bridgehead atoms. The number of morpholine rings is 1. The standard InChI is InChI=1S/C9H13N3O3S.C2H6/c10-16(13,14)8-1-2-9(11-7-8)12-3-5-15-6-4-12;1-2/h1-2,7H,3-6H2,(H2,10,13,14);1-2H3. The molecule has 1 saturated heterocycles. The first-order chi connectivity index (χ1) is 8.57. The molecule has 18 heavy (non-hydrogen) atoms. The minimum Gasteiger partial charge on any atom is -0.378 e. The van der Waals surface area contributed by atoms with Crippen LogP contribution in [-0.2, 0) is 14.8 Å². The molecule has 0 spiro atoms. The maximum atomic E-state index is 11.0. The summed E-state index contributed by atoms with van der Waals surface area (Å²) in [4.78, 5) is 6.15. The second-order valence-corrected chi connectivity index (χ2v) is 5.06. The Hall–Kier alpha value is -1.18. The van der Waals surface area contributed by atoms with E-state index in [1.165, 1.54) is 12.3 Å². The third-order valence-corrected chi connectivity index (χ3v) is 3.28. The molecule has 7 heteroatoms. The largest absolute Gasteiger partial charge is 0.378 e. The summed E-state index contributed by atoms with van der Waals surface area (Å²) >= 11 is 0. The number of rotatable bonds is 2. The van der Waals surface area contributed by atoms with Crippen LogP contribution < -0.4 is 10.0 Å². The van der Waals surface area contributed by atoms with Crippen LogP contribution in [-0.4, -0.2) is 39.7 Å². The highest BCUT2D eigenvalue weighted by Crippen LogP contribution is 2.14. The summed E-state index contributed by atoms with van der Waals surface area (Å²) in [5.41, 5.74) is 0. The van der Waals surface area contributed by atoms with Gasteiger partial charge in [0.25, 0.3) is 0 Å². The average molecular weight is 273 g/mol. The number of hydrogen-bond acceptors (Lipinski definition) is 5. The zero-order valence-electron chi connectivity index (χ0n) is 10.7. The van der Waals surface area contributed by atoms with E-state index in [1.54, 1.807) is 6.07 Å². The van der Waals surface area contributed by atoms with E-state index in [9.17, 15) is 8.42 Å². The Bertz CT molecular complexity index is 453. The molecule has 2 heterocycles. The van der Waals surface area contributed by atoms with Gasteiger partial charge in [-0.05, 0) is 12.1 Å². The van der Waals surface area contributed by atoms with E-state index in [0.717, 1.165) is 18.9 Å². The van der Waals surface area contributed by atoms with Crippen LogP contribution in [0.4, 0.5) is 5.82 Å². The maximum absolute atomic E-state index is 11.0. The topological polar surface area (TPSA) is 85.5 Å². The minimum absolute atomic E-state index is 0.0320. The number of anilines is 1. The Labute approximate surface area is 108 Å². The summed E-state index contributed by atoms with van der Waals surface area (Å²) in [5.74, 6) is 0.746. The molecule has 0 amide bonds. The molecule has 1 aromatic heterocycles. The molecule has 1 fully saturated rings. The first kappa shape index (κ1) is 14.9. The van der Waals surface area contributed by atoms with E-state index < -0.39 is 10.0 Å². The number of primary sulfonamides is 1.